The Morgan fingerprint density at radius 1 is 0.536 bits per heavy atom. The number of nitrogens with zero attached hydrogens (tertiary/aromatic N) is 3. The van der Waals surface area contributed by atoms with Crippen LogP contribution in [0.15, 0.2) is 0 Å². The standard InChI is InChI=1S/C41H68N12O15S/c1-17(45-34(61)24-9-7-13-52(24)41(68)26-11-8-14-53(26)40(67)22(15-27(42)58)46-36(63)28(43)18(2)54)39(66)51-12-6-10-25(51)35(62)50-30(20(4)56)37(64)47-23(16-69)33(60)49-31(21(5)57)38(65)48-29(19(3)55)32(44)59/h17-26,28-31,54-57,69H,6-16,43H2,1-5H3,(H2,42,58)(H2,44,59)(H,45,61)(H,46,63)(H,47,64)(H,48,65)(H,49,60)(H,50,62)/t17-,18+,19-,20+,21+,22-,23-,24-,25-,26+,28-,29-,30-,31-/m0/s1. The van der Waals surface area contributed by atoms with Gasteiger partial charge in [-0.1, -0.05) is 0 Å². The molecule has 0 saturated carbocycles. The molecule has 0 bridgehead atoms. The van der Waals surface area contributed by atoms with Crippen LogP contribution in [0.4, 0.5) is 0 Å². The SMILES string of the molecule is C[C@H](NC(=O)[C@@H]1CCCN1C(=O)[C@H]1CCCN1C(=O)[C@H](CC(N)=O)NC(=O)[C@@H](N)[C@@H](C)O)C(=O)N1CCC[C@H]1C(=O)N[C@H](C(=O)N[C@@H](CS)C(=O)N[C@H](C(=O)N[C@H](C(N)=O)[C@H](C)O)[C@@H](C)O)[C@@H](C)O. The number of carbonyl (C=O) groups excluding carboxylic acids is 11. The maximum Gasteiger partial charge on any atom is 0.246 e. The van der Waals surface area contributed by atoms with Crippen LogP contribution in [-0.4, -0.2) is 210 Å². The number of carbonyl (C=O) groups is 11. The second kappa shape index (κ2) is 25.8. The zero-order valence-corrected chi connectivity index (χ0v) is 40.1. The van der Waals surface area contributed by atoms with Crippen LogP contribution in [-0.2, 0) is 52.7 Å². The normalized spacial score (nSPS) is 22.8. The zero-order valence-electron chi connectivity index (χ0n) is 39.2. The fourth-order valence-electron chi connectivity index (χ4n) is 8.24. The third-order valence-corrected chi connectivity index (χ3v) is 12.5. The molecule has 27 nitrogen and oxygen atoms in total. The summed E-state index contributed by atoms with van der Waals surface area (Å²) in [6.07, 6.45) is -4.78. The fraction of sp³-hybridized carbons (Fsp3) is 0.732. The second-order valence-corrected chi connectivity index (χ2v) is 18.0. The van der Waals surface area contributed by atoms with Crippen molar-refractivity contribution in [1.82, 2.24) is 46.6 Å². The minimum absolute atomic E-state index is 0.0712. The van der Waals surface area contributed by atoms with Crippen molar-refractivity contribution in [2.24, 2.45) is 17.2 Å². The molecular weight excluding hydrogens is 933 g/mol. The fourth-order valence-corrected chi connectivity index (χ4v) is 8.49. The van der Waals surface area contributed by atoms with Gasteiger partial charge in [0.25, 0.3) is 0 Å². The van der Waals surface area contributed by atoms with Gasteiger partial charge in [0, 0.05) is 25.4 Å². The summed E-state index contributed by atoms with van der Waals surface area (Å²) >= 11 is 4.09. The van der Waals surface area contributed by atoms with Crippen molar-refractivity contribution in [1.29, 1.82) is 0 Å². The van der Waals surface area contributed by atoms with E-state index in [-0.39, 0.29) is 44.6 Å². The van der Waals surface area contributed by atoms with Crippen LogP contribution in [0.1, 0.15) is 79.6 Å². The summed E-state index contributed by atoms with van der Waals surface area (Å²) in [6.45, 7) is 6.44. The van der Waals surface area contributed by atoms with Gasteiger partial charge in [0.1, 0.15) is 60.4 Å². The lowest BCUT2D eigenvalue weighted by Gasteiger charge is -2.33. The Kier molecular flexibility index (Phi) is 21.5. The molecule has 16 N–H and O–H groups in total. The van der Waals surface area contributed by atoms with E-state index >= 15 is 0 Å². The quantitative estimate of drug-likeness (QED) is 0.0423. The number of aliphatic hydroxyl groups is 4. The minimum Gasteiger partial charge on any atom is -0.391 e. The number of aliphatic hydroxyl groups excluding tert-OH is 4. The Bertz CT molecular complexity index is 1940. The van der Waals surface area contributed by atoms with E-state index in [4.69, 9.17) is 17.2 Å². The molecule has 3 heterocycles. The van der Waals surface area contributed by atoms with Gasteiger partial charge < -0.3 is 84.2 Å². The number of hydrogen-bond donors (Lipinski definition) is 14. The number of nitrogens with two attached hydrogens (primary N) is 3. The van der Waals surface area contributed by atoms with Crippen LogP contribution in [0.5, 0.6) is 0 Å². The van der Waals surface area contributed by atoms with Gasteiger partial charge in [-0.25, -0.2) is 0 Å². The lowest BCUT2D eigenvalue weighted by Crippen LogP contribution is -2.63. The van der Waals surface area contributed by atoms with Crippen molar-refractivity contribution in [2.45, 2.75) is 164 Å². The third kappa shape index (κ3) is 15.2. The average Bonchev–Trinajstić information content (AvgIpc) is 4.08. The molecule has 3 aliphatic rings. The molecule has 388 valence electrons. The van der Waals surface area contributed by atoms with Gasteiger partial charge in [-0.3, -0.25) is 52.7 Å². The summed E-state index contributed by atoms with van der Waals surface area (Å²) in [7, 11) is 0. The Morgan fingerprint density at radius 2 is 0.971 bits per heavy atom. The number of hydrogen-bond acceptors (Lipinski definition) is 17. The molecule has 0 aromatic carbocycles. The van der Waals surface area contributed by atoms with Crippen LogP contribution in [0.2, 0.25) is 0 Å². The Balaban J connectivity index is 1.66. The van der Waals surface area contributed by atoms with Gasteiger partial charge in [0.2, 0.25) is 65.0 Å². The Morgan fingerprint density at radius 3 is 1.46 bits per heavy atom. The maximum atomic E-state index is 14.0. The van der Waals surface area contributed by atoms with Crippen molar-refractivity contribution >= 4 is 77.6 Å². The summed E-state index contributed by atoms with van der Waals surface area (Å²) in [5.74, 6) is -10.1. The molecule has 3 rings (SSSR count). The maximum absolute atomic E-state index is 14.0. The van der Waals surface area contributed by atoms with Crippen LogP contribution >= 0.6 is 12.6 Å². The first kappa shape index (κ1) is 57.6. The molecule has 28 heteroatoms. The lowest BCUT2D eigenvalue weighted by atomic mass is 10.1. The largest absolute Gasteiger partial charge is 0.391 e. The van der Waals surface area contributed by atoms with Gasteiger partial charge in [-0.15, -0.1) is 0 Å². The summed E-state index contributed by atoms with van der Waals surface area (Å²) in [5, 5.41) is 54.4. The van der Waals surface area contributed by atoms with E-state index in [2.05, 4.69) is 44.5 Å². The molecular formula is C41H68N12O15S. The van der Waals surface area contributed by atoms with E-state index in [0.717, 1.165) is 6.92 Å². The van der Waals surface area contributed by atoms with E-state index in [1.54, 1.807) is 0 Å². The van der Waals surface area contributed by atoms with Gasteiger partial charge in [0.05, 0.1) is 30.8 Å². The number of amides is 11. The number of rotatable bonds is 23. The number of thiol groups is 1. The highest BCUT2D eigenvalue weighted by molar-refractivity contribution is 7.80. The van der Waals surface area contributed by atoms with Crippen molar-refractivity contribution in [3.05, 3.63) is 0 Å². The summed E-state index contributed by atoms with van der Waals surface area (Å²) < 4.78 is 0. The van der Waals surface area contributed by atoms with Crippen molar-refractivity contribution in [3.63, 3.8) is 0 Å². The molecule has 0 aromatic rings. The molecule has 3 saturated heterocycles. The number of likely N-dealkylation sites (tertiary alicyclic amines) is 3. The molecule has 0 spiro atoms. The van der Waals surface area contributed by atoms with Gasteiger partial charge >= 0.3 is 0 Å². The molecule has 0 radical (unpaired) electrons. The molecule has 0 aromatic heterocycles. The van der Waals surface area contributed by atoms with E-state index in [9.17, 15) is 73.2 Å². The van der Waals surface area contributed by atoms with Gasteiger partial charge in [-0.2, -0.15) is 12.6 Å². The van der Waals surface area contributed by atoms with E-state index in [1.807, 2.05) is 0 Å². The number of nitrogens with one attached hydrogen (secondary N) is 6. The minimum atomic E-state index is -1.70. The first-order valence-electron chi connectivity index (χ1n) is 22.6. The molecule has 69 heavy (non-hydrogen) atoms. The molecule has 0 aliphatic carbocycles. The van der Waals surface area contributed by atoms with Crippen LogP contribution in [0.3, 0.4) is 0 Å². The van der Waals surface area contributed by atoms with Crippen LogP contribution in [0.25, 0.3) is 0 Å². The van der Waals surface area contributed by atoms with Crippen molar-refractivity contribution < 1.29 is 73.2 Å². The number of primary amides is 2. The first-order valence-corrected chi connectivity index (χ1v) is 23.3. The highest BCUT2D eigenvalue weighted by atomic mass is 32.1. The Hall–Kier alpha value is -5.68. The predicted octanol–water partition coefficient (Wildman–Crippen LogP) is -7.97. The molecule has 3 aliphatic heterocycles. The smallest absolute Gasteiger partial charge is 0.246 e. The molecule has 14 atom stereocenters. The average molecular weight is 1000 g/mol. The van der Waals surface area contributed by atoms with E-state index in [0.29, 0.717) is 19.3 Å². The topological polar surface area (TPSA) is 429 Å². The Labute approximate surface area is 403 Å². The van der Waals surface area contributed by atoms with E-state index in [1.165, 1.54) is 42.4 Å². The molecule has 11 amide bonds. The predicted molar refractivity (Wildman–Crippen MR) is 243 cm³/mol. The van der Waals surface area contributed by atoms with Gasteiger partial charge in [0.15, 0.2) is 0 Å². The highest BCUT2D eigenvalue weighted by Gasteiger charge is 2.45. The molecule has 0 unspecified atom stereocenters. The van der Waals surface area contributed by atoms with Crippen molar-refractivity contribution in [3.8, 4) is 0 Å². The first-order chi connectivity index (χ1) is 32.2. The third-order valence-electron chi connectivity index (χ3n) is 12.1. The summed E-state index contributed by atoms with van der Waals surface area (Å²) in [6, 6.07) is -13.9. The lowest BCUT2D eigenvalue weighted by molar-refractivity contribution is -0.149. The van der Waals surface area contributed by atoms with Crippen LogP contribution < -0.4 is 49.1 Å². The van der Waals surface area contributed by atoms with Crippen LogP contribution in [0, 0.1) is 0 Å². The van der Waals surface area contributed by atoms with Gasteiger partial charge in [-0.05, 0) is 73.1 Å². The second-order valence-electron chi connectivity index (χ2n) is 17.6. The van der Waals surface area contributed by atoms with Crippen molar-refractivity contribution in [2.75, 3.05) is 25.4 Å². The zero-order chi connectivity index (χ0) is 52.2. The molecule has 3 fully saturated rings. The summed E-state index contributed by atoms with van der Waals surface area (Å²) in [5.41, 5.74) is 16.3. The monoisotopic (exact) mass is 1000 g/mol. The van der Waals surface area contributed by atoms with E-state index < -0.39 is 156 Å². The highest BCUT2D eigenvalue weighted by Crippen LogP contribution is 2.27. The summed E-state index contributed by atoms with van der Waals surface area (Å²) in [4.78, 5) is 148.